The summed E-state index contributed by atoms with van der Waals surface area (Å²) in [4.78, 5) is 15.3. The van der Waals surface area contributed by atoms with Gasteiger partial charge >= 0.3 is 0 Å². The van der Waals surface area contributed by atoms with Crippen LogP contribution in [0.4, 0.5) is 8.78 Å². The highest BCUT2D eigenvalue weighted by Gasteiger charge is 2.30. The van der Waals surface area contributed by atoms with Crippen molar-refractivity contribution in [2.45, 2.75) is 42.5 Å². The van der Waals surface area contributed by atoms with Gasteiger partial charge in [0.25, 0.3) is 11.7 Å². The van der Waals surface area contributed by atoms with E-state index in [-0.39, 0.29) is 24.2 Å². The first-order chi connectivity index (χ1) is 12.6. The topological polar surface area (TPSA) is 63.1 Å². The van der Waals surface area contributed by atoms with E-state index in [1.54, 1.807) is 16.3 Å². The maximum absolute atomic E-state index is 12.7. The number of thioether (sulfide) groups is 1. The van der Waals surface area contributed by atoms with Crippen LogP contribution in [0.15, 0.2) is 16.3 Å². The molecule has 4 heterocycles. The number of likely N-dealkylation sites (tertiary alicyclic amines) is 1. The SMILES string of the molecule is Cl.O=C(c1sccc1SC(F)F)N1CCC(c2nnc3n2CCNC3)CC1. The number of aromatic nitrogens is 3. The van der Waals surface area contributed by atoms with Crippen molar-refractivity contribution in [3.63, 3.8) is 0 Å². The van der Waals surface area contributed by atoms with E-state index in [2.05, 4.69) is 20.1 Å². The number of alkyl halides is 2. The maximum atomic E-state index is 12.7. The molecule has 0 radical (unpaired) electrons. The molecule has 1 saturated heterocycles. The van der Waals surface area contributed by atoms with E-state index in [1.807, 2.05) is 0 Å². The third kappa shape index (κ3) is 4.28. The number of nitrogens with zero attached hydrogens (tertiary/aromatic N) is 4. The summed E-state index contributed by atoms with van der Waals surface area (Å²) in [6, 6.07) is 1.60. The van der Waals surface area contributed by atoms with E-state index < -0.39 is 5.76 Å². The van der Waals surface area contributed by atoms with Crippen molar-refractivity contribution in [3.8, 4) is 0 Å². The van der Waals surface area contributed by atoms with Crippen molar-refractivity contribution in [2.24, 2.45) is 0 Å². The number of carbonyl (C=O) groups excluding carboxylic acids is 1. The summed E-state index contributed by atoms with van der Waals surface area (Å²) >= 11 is 1.67. The number of hydrogen-bond donors (Lipinski definition) is 1. The van der Waals surface area contributed by atoms with E-state index >= 15 is 0 Å². The molecule has 6 nitrogen and oxygen atoms in total. The van der Waals surface area contributed by atoms with Gasteiger partial charge in [-0.1, -0.05) is 11.8 Å². The molecule has 1 fully saturated rings. The molecule has 1 N–H and O–H groups in total. The first-order valence-electron chi connectivity index (χ1n) is 8.57. The Morgan fingerprint density at radius 2 is 2.07 bits per heavy atom. The van der Waals surface area contributed by atoms with Crippen LogP contribution in [-0.2, 0) is 13.1 Å². The van der Waals surface area contributed by atoms with Crippen LogP contribution >= 0.6 is 35.5 Å². The number of thiophene rings is 1. The third-order valence-electron chi connectivity index (χ3n) is 4.84. The lowest BCUT2D eigenvalue weighted by atomic mass is 9.95. The highest BCUT2D eigenvalue weighted by molar-refractivity contribution is 7.99. The normalized spacial score (nSPS) is 17.7. The van der Waals surface area contributed by atoms with Gasteiger partial charge in [-0.15, -0.1) is 33.9 Å². The molecule has 2 aliphatic heterocycles. The van der Waals surface area contributed by atoms with E-state index in [4.69, 9.17) is 0 Å². The van der Waals surface area contributed by atoms with E-state index in [9.17, 15) is 13.6 Å². The molecule has 0 spiro atoms. The van der Waals surface area contributed by atoms with Crippen molar-refractivity contribution in [3.05, 3.63) is 28.0 Å². The summed E-state index contributed by atoms with van der Waals surface area (Å²) in [5, 5.41) is 13.6. The van der Waals surface area contributed by atoms with Crippen LogP contribution in [0, 0.1) is 0 Å². The molecule has 0 bridgehead atoms. The van der Waals surface area contributed by atoms with Gasteiger partial charge in [0.05, 0.1) is 6.54 Å². The molecule has 2 aromatic rings. The summed E-state index contributed by atoms with van der Waals surface area (Å²) in [6.45, 7) is 3.76. The van der Waals surface area contributed by atoms with Crippen LogP contribution in [0.1, 0.15) is 40.1 Å². The minimum atomic E-state index is -2.52. The highest BCUT2D eigenvalue weighted by Crippen LogP contribution is 2.34. The standard InChI is InChI=1S/C16H19F2N5OS2.ClH/c17-16(18)26-11-3-8-25-13(11)15(24)22-5-1-10(2-6-22)14-21-20-12-9-19-4-7-23(12)14;/h3,8,10,16,19H,1-2,4-7,9H2;1H. The van der Waals surface area contributed by atoms with Crippen LogP contribution in [0.2, 0.25) is 0 Å². The largest absolute Gasteiger partial charge is 0.338 e. The quantitative estimate of drug-likeness (QED) is 0.747. The van der Waals surface area contributed by atoms with Crippen LogP contribution in [-0.4, -0.2) is 51.0 Å². The Morgan fingerprint density at radius 1 is 1.30 bits per heavy atom. The van der Waals surface area contributed by atoms with Crippen LogP contribution in [0.25, 0.3) is 0 Å². The molecule has 0 saturated carbocycles. The zero-order valence-corrected chi connectivity index (χ0v) is 16.9. The molecule has 2 aliphatic rings. The van der Waals surface area contributed by atoms with E-state index in [1.165, 1.54) is 11.3 Å². The first kappa shape index (κ1) is 20.5. The second-order valence-electron chi connectivity index (χ2n) is 6.36. The predicted molar refractivity (Wildman–Crippen MR) is 103 cm³/mol. The smallest absolute Gasteiger partial charge is 0.288 e. The van der Waals surface area contributed by atoms with Crippen molar-refractivity contribution >= 4 is 41.4 Å². The van der Waals surface area contributed by atoms with Crippen LogP contribution in [0.5, 0.6) is 0 Å². The highest BCUT2D eigenvalue weighted by atomic mass is 35.5. The molecule has 0 unspecified atom stereocenters. The van der Waals surface area contributed by atoms with Crippen molar-refractivity contribution in [1.82, 2.24) is 25.0 Å². The van der Waals surface area contributed by atoms with Crippen LogP contribution < -0.4 is 5.32 Å². The number of carbonyl (C=O) groups is 1. The van der Waals surface area contributed by atoms with E-state index in [0.717, 1.165) is 44.1 Å². The van der Waals surface area contributed by atoms with Gasteiger partial charge in [-0.25, -0.2) is 0 Å². The van der Waals surface area contributed by atoms with Crippen molar-refractivity contribution in [2.75, 3.05) is 19.6 Å². The first-order valence-corrected chi connectivity index (χ1v) is 10.3. The van der Waals surface area contributed by atoms with Crippen molar-refractivity contribution < 1.29 is 13.6 Å². The zero-order chi connectivity index (χ0) is 18.1. The van der Waals surface area contributed by atoms with Gasteiger partial charge in [-0.2, -0.15) is 8.78 Å². The second-order valence-corrected chi connectivity index (χ2v) is 8.31. The minimum absolute atomic E-state index is 0. The summed E-state index contributed by atoms with van der Waals surface area (Å²) in [7, 11) is 0. The number of nitrogens with one attached hydrogen (secondary N) is 1. The Kier molecular flexibility index (Phi) is 6.72. The lowest BCUT2D eigenvalue weighted by Crippen LogP contribution is -2.38. The zero-order valence-electron chi connectivity index (χ0n) is 14.4. The molecule has 0 atom stereocenters. The number of amides is 1. The van der Waals surface area contributed by atoms with Gasteiger partial charge in [-0.3, -0.25) is 4.79 Å². The number of fused-ring (bicyclic) bond motifs is 1. The summed E-state index contributed by atoms with van der Waals surface area (Å²) in [5.41, 5.74) is 0. The van der Waals surface area contributed by atoms with Gasteiger partial charge in [-0.05, 0) is 24.3 Å². The molecule has 11 heteroatoms. The monoisotopic (exact) mass is 435 g/mol. The molecule has 0 aromatic carbocycles. The molecule has 0 aliphatic carbocycles. The van der Waals surface area contributed by atoms with Crippen molar-refractivity contribution in [1.29, 1.82) is 0 Å². The molecule has 27 heavy (non-hydrogen) atoms. The number of hydrogen-bond acceptors (Lipinski definition) is 6. The Bertz CT molecular complexity index is 792. The molecule has 1 amide bonds. The Labute approximate surface area is 170 Å². The maximum Gasteiger partial charge on any atom is 0.288 e. The van der Waals surface area contributed by atoms with Gasteiger partial charge in [0, 0.05) is 37.0 Å². The lowest BCUT2D eigenvalue weighted by molar-refractivity contribution is 0.0712. The predicted octanol–water partition coefficient (Wildman–Crippen LogP) is 3.20. The Balaban J connectivity index is 0.00000210. The second kappa shape index (κ2) is 8.85. The molecule has 2 aromatic heterocycles. The number of halogens is 3. The third-order valence-corrected chi connectivity index (χ3v) is 6.64. The van der Waals surface area contributed by atoms with Gasteiger partial charge < -0.3 is 14.8 Å². The Morgan fingerprint density at radius 3 is 2.81 bits per heavy atom. The number of rotatable bonds is 4. The molecule has 4 rings (SSSR count). The molecular formula is C16H20ClF2N5OS2. The fourth-order valence-corrected chi connectivity index (χ4v) is 5.21. The fourth-order valence-electron chi connectivity index (χ4n) is 3.54. The van der Waals surface area contributed by atoms with Gasteiger partial charge in [0.15, 0.2) is 0 Å². The number of piperidine rings is 1. The lowest BCUT2D eigenvalue weighted by Gasteiger charge is -2.32. The van der Waals surface area contributed by atoms with Crippen LogP contribution in [0.3, 0.4) is 0 Å². The van der Waals surface area contributed by atoms with E-state index in [0.29, 0.717) is 34.6 Å². The van der Waals surface area contributed by atoms with Gasteiger partial charge in [0.2, 0.25) is 0 Å². The molecular weight excluding hydrogens is 416 g/mol. The minimum Gasteiger partial charge on any atom is -0.338 e. The molecule has 148 valence electrons. The fraction of sp³-hybridized carbons (Fsp3) is 0.562. The average Bonchev–Trinajstić information content (AvgIpc) is 3.27. The summed E-state index contributed by atoms with van der Waals surface area (Å²) < 4.78 is 27.5. The summed E-state index contributed by atoms with van der Waals surface area (Å²) in [5.74, 6) is -0.392. The average molecular weight is 436 g/mol. The van der Waals surface area contributed by atoms with Gasteiger partial charge in [0.1, 0.15) is 16.5 Å². The summed E-state index contributed by atoms with van der Waals surface area (Å²) in [6.07, 6.45) is 1.64. The Hall–Kier alpha value is -1.23.